The first-order valence-electron chi connectivity index (χ1n) is 27.7. The van der Waals surface area contributed by atoms with Gasteiger partial charge in [-0.25, -0.2) is 4.79 Å². The molecule has 4 heterocycles. The number of Topliss-reactive ketones (excluding diaryl/α,β-unsaturated/α-hetero) is 1. The monoisotopic (exact) mass is 1090 g/mol. The van der Waals surface area contributed by atoms with Crippen molar-refractivity contribution in [3.63, 3.8) is 0 Å². The summed E-state index contributed by atoms with van der Waals surface area (Å²) in [5.41, 5.74) is -3.09. The quantitative estimate of drug-likeness (QED) is 0.0787. The SMILES string of the molecule is COC1CC(OC2CCC3(C)C(=CCC4(O)C3CC(OC(=O)C=Cc3ccccc3)C3(C)C(C(C)=O)CCC43O)C2)OC(C)C1OC1CC(OC)C(OC2CC(OC)C(OC3OC(CO)C(O)C(O)C3O)C(C)O2)C(C)O1. The molecule has 0 bridgehead atoms. The average Bonchev–Trinajstić information content (AvgIpc) is 3.99. The number of carbonyl (C=O) groups excluding carboxylic acids is 2. The number of esters is 1. The number of ketones is 1. The van der Waals surface area contributed by atoms with Crippen molar-refractivity contribution in [3.8, 4) is 0 Å². The second-order valence-corrected chi connectivity index (χ2v) is 23.4. The molecule has 20 nitrogen and oxygen atoms in total. The van der Waals surface area contributed by atoms with Crippen molar-refractivity contribution < 1.29 is 97.1 Å². The van der Waals surface area contributed by atoms with Gasteiger partial charge in [-0.3, -0.25) is 4.79 Å². The fraction of sp³-hybridized carbons (Fsp3) is 0.789. The van der Waals surface area contributed by atoms with E-state index in [4.69, 9.17) is 56.8 Å². The maximum absolute atomic E-state index is 13.6. The third kappa shape index (κ3) is 10.9. The standard InChI is InChI=1S/C57H84O20/c1-29(59)36-19-22-57(65)55(36,6)42(74-43(60)16-15-33-13-11-10-12-14-33)27-41-54(5)20-18-35(23-34(54)17-21-56(41,57)64)72-44-24-37(66-7)50(30(2)69-44)75-45-25-38(67-8)51(31(3)70-45)76-46-26-39(68-9)52(32(4)71-46)77-53-49(63)48(62)47(61)40(28-58)73-53/h10-17,30-32,35-42,44-53,58,61-65H,18-28H2,1-9H3. The fourth-order valence-electron chi connectivity index (χ4n) is 14.9. The minimum Gasteiger partial charge on any atom is -0.458 e. The van der Waals surface area contributed by atoms with E-state index in [1.807, 2.05) is 51.1 Å². The molecule has 432 valence electrons. The number of aliphatic hydroxyl groups is 6. The summed E-state index contributed by atoms with van der Waals surface area (Å²) in [6.07, 6.45) is -6.30. The number of fused-ring (bicyclic) bond motifs is 5. The van der Waals surface area contributed by atoms with E-state index in [0.717, 1.165) is 11.1 Å². The molecule has 4 saturated heterocycles. The lowest BCUT2D eigenvalue weighted by atomic mass is 9.43. The Morgan fingerprint density at radius 2 is 1.27 bits per heavy atom. The van der Waals surface area contributed by atoms with Crippen LogP contribution in [0, 0.1) is 22.7 Å². The number of hydrogen-bond acceptors (Lipinski definition) is 20. The Bertz CT molecular complexity index is 2250. The molecule has 6 N–H and O–H groups in total. The predicted molar refractivity (Wildman–Crippen MR) is 272 cm³/mol. The Balaban J connectivity index is 0.802. The molecule has 0 amide bonds. The van der Waals surface area contributed by atoms with Gasteiger partial charge < -0.3 is 87.5 Å². The highest BCUT2D eigenvalue weighted by Crippen LogP contribution is 2.70. The van der Waals surface area contributed by atoms with E-state index in [-0.39, 0.29) is 37.6 Å². The van der Waals surface area contributed by atoms with E-state index in [2.05, 4.69) is 13.0 Å². The number of rotatable bonds is 16. The van der Waals surface area contributed by atoms with E-state index >= 15 is 0 Å². The highest BCUT2D eigenvalue weighted by atomic mass is 16.8. The van der Waals surface area contributed by atoms with Gasteiger partial charge in [0.15, 0.2) is 25.2 Å². The third-order valence-electron chi connectivity index (χ3n) is 19.2. The lowest BCUT2D eigenvalue weighted by Crippen LogP contribution is -2.75. The molecule has 4 aliphatic heterocycles. The molecule has 77 heavy (non-hydrogen) atoms. The van der Waals surface area contributed by atoms with Crippen LogP contribution in [-0.4, -0.2) is 198 Å². The van der Waals surface area contributed by atoms with E-state index in [1.54, 1.807) is 27.2 Å². The summed E-state index contributed by atoms with van der Waals surface area (Å²) in [5.74, 6) is -1.74. The number of hydrogen-bond donors (Lipinski definition) is 6. The molecule has 9 rings (SSSR count). The van der Waals surface area contributed by atoms with Crippen LogP contribution in [0.15, 0.2) is 48.1 Å². The van der Waals surface area contributed by atoms with Crippen molar-refractivity contribution in [3.05, 3.63) is 53.6 Å². The summed E-state index contributed by atoms with van der Waals surface area (Å²) < 4.78 is 75.0. The van der Waals surface area contributed by atoms with Crippen LogP contribution in [0.5, 0.6) is 0 Å². The van der Waals surface area contributed by atoms with Crippen molar-refractivity contribution in [2.45, 2.75) is 234 Å². The molecule has 4 aliphatic carbocycles. The molecule has 25 unspecified atom stereocenters. The zero-order valence-electron chi connectivity index (χ0n) is 45.9. The third-order valence-corrected chi connectivity index (χ3v) is 19.2. The second-order valence-electron chi connectivity index (χ2n) is 23.4. The van der Waals surface area contributed by atoms with Crippen LogP contribution in [0.3, 0.4) is 0 Å². The minimum absolute atomic E-state index is 0.0981. The molecule has 1 aromatic carbocycles. The molecule has 8 aliphatic rings. The highest BCUT2D eigenvalue weighted by molar-refractivity contribution is 5.87. The maximum atomic E-state index is 13.6. The van der Waals surface area contributed by atoms with Crippen LogP contribution in [0.4, 0.5) is 0 Å². The lowest BCUT2D eigenvalue weighted by molar-refractivity contribution is -0.357. The van der Waals surface area contributed by atoms with Crippen molar-refractivity contribution in [1.82, 2.24) is 0 Å². The fourth-order valence-corrected chi connectivity index (χ4v) is 14.9. The molecule has 25 atom stereocenters. The summed E-state index contributed by atoms with van der Waals surface area (Å²) in [7, 11) is 4.75. The van der Waals surface area contributed by atoms with E-state index in [0.29, 0.717) is 38.5 Å². The predicted octanol–water partition coefficient (Wildman–Crippen LogP) is 3.41. The molecular weight excluding hydrogens is 1000 g/mol. The average molecular weight is 1090 g/mol. The number of benzene rings is 1. The van der Waals surface area contributed by atoms with Crippen LogP contribution in [0.25, 0.3) is 6.08 Å². The van der Waals surface area contributed by atoms with Gasteiger partial charge in [0.05, 0.1) is 49.3 Å². The molecule has 0 aromatic heterocycles. The second kappa shape index (κ2) is 23.6. The molecule has 1 aromatic rings. The van der Waals surface area contributed by atoms with Gasteiger partial charge in [0, 0.05) is 63.9 Å². The number of ether oxygens (including phenoxy) is 12. The highest BCUT2D eigenvalue weighted by Gasteiger charge is 2.77. The summed E-state index contributed by atoms with van der Waals surface area (Å²) in [6, 6.07) is 9.43. The van der Waals surface area contributed by atoms with Crippen molar-refractivity contribution >= 4 is 17.8 Å². The van der Waals surface area contributed by atoms with Gasteiger partial charge in [-0.05, 0) is 89.7 Å². The van der Waals surface area contributed by atoms with Crippen molar-refractivity contribution in [2.24, 2.45) is 22.7 Å². The van der Waals surface area contributed by atoms with Gasteiger partial charge in [0.2, 0.25) is 0 Å². The van der Waals surface area contributed by atoms with Crippen LogP contribution < -0.4 is 0 Å². The normalized spacial score (nSPS) is 48.1. The Kier molecular flexibility index (Phi) is 18.0. The van der Waals surface area contributed by atoms with Gasteiger partial charge in [0.25, 0.3) is 0 Å². The first-order valence-corrected chi connectivity index (χ1v) is 27.7. The lowest BCUT2D eigenvalue weighted by Gasteiger charge is -2.66. The molecule has 20 heteroatoms. The van der Waals surface area contributed by atoms with Gasteiger partial charge in [-0.15, -0.1) is 0 Å². The van der Waals surface area contributed by atoms with Crippen molar-refractivity contribution in [2.75, 3.05) is 27.9 Å². The summed E-state index contributed by atoms with van der Waals surface area (Å²) in [5, 5.41) is 66.8. The maximum Gasteiger partial charge on any atom is 0.331 e. The summed E-state index contributed by atoms with van der Waals surface area (Å²) in [4.78, 5) is 26.9. The van der Waals surface area contributed by atoms with Crippen LogP contribution in [-0.2, 0) is 66.4 Å². The van der Waals surface area contributed by atoms with E-state index in [9.17, 15) is 40.2 Å². The van der Waals surface area contributed by atoms with E-state index < -0.39 is 157 Å². The van der Waals surface area contributed by atoms with Gasteiger partial charge in [0.1, 0.15) is 65.8 Å². The number of aliphatic hydroxyl groups excluding tert-OH is 4. The first-order chi connectivity index (χ1) is 36.6. The van der Waals surface area contributed by atoms with E-state index in [1.165, 1.54) is 20.1 Å². The molecular formula is C57H84O20. The Morgan fingerprint density at radius 1 is 0.714 bits per heavy atom. The Labute approximate surface area is 451 Å². The Morgan fingerprint density at radius 3 is 1.82 bits per heavy atom. The molecule has 7 fully saturated rings. The molecule has 0 spiro atoms. The molecule has 3 saturated carbocycles. The topological polar surface area (TPSA) is 266 Å². The largest absolute Gasteiger partial charge is 0.458 e. The number of methoxy groups -OCH3 is 3. The molecule has 0 radical (unpaired) electrons. The van der Waals surface area contributed by atoms with Crippen molar-refractivity contribution in [1.29, 1.82) is 0 Å². The van der Waals surface area contributed by atoms with Gasteiger partial charge in [-0.1, -0.05) is 55.8 Å². The summed E-state index contributed by atoms with van der Waals surface area (Å²) in [6.45, 7) is 10.4. The summed E-state index contributed by atoms with van der Waals surface area (Å²) >= 11 is 0. The smallest absolute Gasteiger partial charge is 0.331 e. The van der Waals surface area contributed by atoms with Crippen LogP contribution >= 0.6 is 0 Å². The minimum atomic E-state index is -1.70. The van der Waals surface area contributed by atoms with Gasteiger partial charge in [-0.2, -0.15) is 0 Å². The first kappa shape index (κ1) is 58.8. The zero-order valence-corrected chi connectivity index (χ0v) is 45.9. The Hall–Kier alpha value is -2.84. The van der Waals surface area contributed by atoms with Crippen LogP contribution in [0.2, 0.25) is 0 Å². The van der Waals surface area contributed by atoms with Gasteiger partial charge >= 0.3 is 5.97 Å². The number of carbonyl (C=O) groups is 2. The zero-order chi connectivity index (χ0) is 55.4. The van der Waals surface area contributed by atoms with Crippen LogP contribution in [0.1, 0.15) is 111 Å².